The molecule has 1 aromatic carbocycles. The van der Waals surface area contributed by atoms with Crippen molar-refractivity contribution in [3.63, 3.8) is 0 Å². The zero-order valence-corrected chi connectivity index (χ0v) is 12.1. The molecule has 1 aromatic rings. The Kier molecular flexibility index (Phi) is 4.40. The monoisotopic (exact) mass is 280 g/mol. The minimum Gasteiger partial charge on any atom is -0.294 e. The number of rotatable bonds is 5. The maximum atomic E-state index is 11.5. The normalized spacial score (nSPS) is 21.4. The highest BCUT2D eigenvalue weighted by atomic mass is 32.2. The largest absolute Gasteiger partial charge is 0.294 e. The summed E-state index contributed by atoms with van der Waals surface area (Å²) >= 11 is 0. The van der Waals surface area contributed by atoms with Gasteiger partial charge in [-0.05, 0) is 30.7 Å². The summed E-state index contributed by atoms with van der Waals surface area (Å²) in [6, 6.07) is 7.69. The molecular weight excluding hydrogens is 260 g/mol. The Hall–Kier alpha value is -1.16. The molecule has 19 heavy (non-hydrogen) atoms. The molecule has 1 atom stereocenters. The van der Waals surface area contributed by atoms with Gasteiger partial charge in [0.2, 0.25) is 0 Å². The van der Waals surface area contributed by atoms with Crippen LogP contribution in [0.1, 0.15) is 42.1 Å². The minimum absolute atomic E-state index is 0.161. The Morgan fingerprint density at radius 3 is 2.47 bits per heavy atom. The molecule has 1 fully saturated rings. The van der Waals surface area contributed by atoms with E-state index in [1.807, 2.05) is 31.2 Å². The third-order valence-electron chi connectivity index (χ3n) is 3.77. The highest BCUT2D eigenvalue weighted by molar-refractivity contribution is 7.91. The van der Waals surface area contributed by atoms with Crippen LogP contribution in [-0.2, 0) is 16.3 Å². The zero-order chi connectivity index (χ0) is 13.9. The van der Waals surface area contributed by atoms with E-state index < -0.39 is 9.84 Å². The number of sulfone groups is 1. The molecule has 3 nitrogen and oxygen atoms in total. The smallest absolute Gasteiger partial charge is 0.162 e. The van der Waals surface area contributed by atoms with Gasteiger partial charge in [-0.25, -0.2) is 8.42 Å². The summed E-state index contributed by atoms with van der Waals surface area (Å²) in [7, 11) is -2.77. The molecule has 2 rings (SSSR count). The van der Waals surface area contributed by atoms with Gasteiger partial charge in [-0.2, -0.15) is 0 Å². The topological polar surface area (TPSA) is 51.2 Å². The third-order valence-corrected chi connectivity index (χ3v) is 5.60. The van der Waals surface area contributed by atoms with Gasteiger partial charge in [0.15, 0.2) is 15.6 Å². The summed E-state index contributed by atoms with van der Waals surface area (Å²) in [6.07, 6.45) is 3.13. The van der Waals surface area contributed by atoms with Crippen molar-refractivity contribution in [1.29, 1.82) is 0 Å². The average molecular weight is 280 g/mol. The molecule has 104 valence electrons. The van der Waals surface area contributed by atoms with Crippen molar-refractivity contribution < 1.29 is 13.2 Å². The van der Waals surface area contributed by atoms with Gasteiger partial charge in [0, 0.05) is 12.0 Å². The molecule has 0 bridgehead atoms. The van der Waals surface area contributed by atoms with Crippen LogP contribution in [0.15, 0.2) is 24.3 Å². The van der Waals surface area contributed by atoms with Crippen molar-refractivity contribution in [1.82, 2.24) is 0 Å². The number of carbonyl (C=O) groups excluding carboxylic acids is 1. The quantitative estimate of drug-likeness (QED) is 0.779. The predicted octanol–water partition coefficient (Wildman–Crippen LogP) is 2.65. The Labute approximate surface area is 114 Å². The number of ketones is 1. The van der Waals surface area contributed by atoms with E-state index in [9.17, 15) is 13.2 Å². The second-order valence-electron chi connectivity index (χ2n) is 5.28. The Morgan fingerprint density at radius 1 is 1.26 bits per heavy atom. The summed E-state index contributed by atoms with van der Waals surface area (Å²) < 4.78 is 22.7. The maximum absolute atomic E-state index is 11.5. The van der Waals surface area contributed by atoms with Crippen molar-refractivity contribution in [3.8, 4) is 0 Å². The van der Waals surface area contributed by atoms with Crippen molar-refractivity contribution in [3.05, 3.63) is 35.4 Å². The highest BCUT2D eigenvalue weighted by Gasteiger charge is 2.27. The van der Waals surface area contributed by atoms with Gasteiger partial charge in [0.25, 0.3) is 0 Å². The molecule has 0 aromatic heterocycles. The first-order valence-electron chi connectivity index (χ1n) is 6.83. The van der Waals surface area contributed by atoms with E-state index in [-0.39, 0.29) is 5.78 Å². The summed E-state index contributed by atoms with van der Waals surface area (Å²) in [5, 5.41) is 0. The number of carbonyl (C=O) groups is 1. The highest BCUT2D eigenvalue weighted by Crippen LogP contribution is 2.23. The molecule has 0 radical (unpaired) electrons. The summed E-state index contributed by atoms with van der Waals surface area (Å²) in [5.41, 5.74) is 1.94. The van der Waals surface area contributed by atoms with Gasteiger partial charge in [-0.1, -0.05) is 31.2 Å². The second-order valence-corrected chi connectivity index (χ2v) is 7.51. The van der Waals surface area contributed by atoms with Crippen LogP contribution in [0.5, 0.6) is 0 Å². The van der Waals surface area contributed by atoms with Crippen LogP contribution in [0.2, 0.25) is 0 Å². The zero-order valence-electron chi connectivity index (χ0n) is 11.3. The SMILES string of the molecule is CCC(=O)c1ccc(CC[C@H]2CCS(=O)(=O)C2)cc1. The number of aryl methyl sites for hydroxylation is 1. The molecular formula is C15H20O3S. The summed E-state index contributed by atoms with van der Waals surface area (Å²) in [4.78, 5) is 11.5. The predicted molar refractivity (Wildman–Crippen MR) is 76.1 cm³/mol. The first kappa shape index (κ1) is 14.3. The van der Waals surface area contributed by atoms with Gasteiger partial charge in [0.1, 0.15) is 0 Å². The lowest BCUT2D eigenvalue weighted by molar-refractivity contribution is 0.0988. The van der Waals surface area contributed by atoms with Gasteiger partial charge in [-0.3, -0.25) is 4.79 Å². The van der Waals surface area contributed by atoms with Crippen LogP contribution < -0.4 is 0 Å². The van der Waals surface area contributed by atoms with Crippen molar-refractivity contribution in [2.45, 2.75) is 32.6 Å². The summed E-state index contributed by atoms with van der Waals surface area (Å²) in [6.45, 7) is 1.86. The van der Waals surface area contributed by atoms with E-state index in [0.717, 1.165) is 24.8 Å². The molecule has 0 spiro atoms. The van der Waals surface area contributed by atoms with Gasteiger partial charge >= 0.3 is 0 Å². The molecule has 0 aliphatic carbocycles. The van der Waals surface area contributed by atoms with Gasteiger partial charge < -0.3 is 0 Å². The first-order chi connectivity index (χ1) is 9.00. The van der Waals surface area contributed by atoms with Crippen LogP contribution in [0.25, 0.3) is 0 Å². The Bertz CT molecular complexity index is 543. The minimum atomic E-state index is -2.77. The average Bonchev–Trinajstić information content (AvgIpc) is 2.76. The van der Waals surface area contributed by atoms with Crippen LogP contribution in [0.4, 0.5) is 0 Å². The molecule has 0 saturated carbocycles. The van der Waals surface area contributed by atoms with Crippen LogP contribution in [0, 0.1) is 5.92 Å². The fraction of sp³-hybridized carbons (Fsp3) is 0.533. The van der Waals surface area contributed by atoms with E-state index in [2.05, 4.69) is 0 Å². The molecule has 1 aliphatic rings. The maximum Gasteiger partial charge on any atom is 0.162 e. The molecule has 0 amide bonds. The lowest BCUT2D eigenvalue weighted by Crippen LogP contribution is -2.06. The standard InChI is InChI=1S/C15H20O3S/c1-2-15(16)14-7-5-12(6-8-14)3-4-13-9-10-19(17,18)11-13/h5-8,13H,2-4,9-11H2,1H3/t13-/m0/s1. The number of hydrogen-bond donors (Lipinski definition) is 0. The van der Waals surface area contributed by atoms with Crippen LogP contribution in [0.3, 0.4) is 0 Å². The Morgan fingerprint density at radius 2 is 1.95 bits per heavy atom. The lowest BCUT2D eigenvalue weighted by atomic mass is 9.98. The van der Waals surface area contributed by atoms with Crippen molar-refractivity contribution in [2.24, 2.45) is 5.92 Å². The second kappa shape index (κ2) is 5.87. The number of Topliss-reactive ketones (excluding diaryl/α,β-unsaturated/α-hetero) is 1. The fourth-order valence-corrected chi connectivity index (χ4v) is 4.44. The third kappa shape index (κ3) is 3.90. The van der Waals surface area contributed by atoms with E-state index in [1.165, 1.54) is 5.56 Å². The van der Waals surface area contributed by atoms with Crippen LogP contribution >= 0.6 is 0 Å². The Balaban J connectivity index is 1.89. The summed E-state index contributed by atoms with van der Waals surface area (Å²) in [5.74, 6) is 1.16. The van der Waals surface area contributed by atoms with E-state index in [4.69, 9.17) is 0 Å². The molecule has 1 heterocycles. The number of hydrogen-bond acceptors (Lipinski definition) is 3. The fourth-order valence-electron chi connectivity index (χ4n) is 2.53. The van der Waals surface area contributed by atoms with Gasteiger partial charge in [0.05, 0.1) is 11.5 Å². The van der Waals surface area contributed by atoms with E-state index >= 15 is 0 Å². The van der Waals surface area contributed by atoms with Gasteiger partial charge in [-0.15, -0.1) is 0 Å². The van der Waals surface area contributed by atoms with E-state index in [1.54, 1.807) is 0 Å². The molecule has 0 N–H and O–H groups in total. The van der Waals surface area contributed by atoms with Crippen molar-refractivity contribution in [2.75, 3.05) is 11.5 Å². The molecule has 0 unspecified atom stereocenters. The van der Waals surface area contributed by atoms with Crippen molar-refractivity contribution >= 4 is 15.6 Å². The number of benzene rings is 1. The lowest BCUT2D eigenvalue weighted by Gasteiger charge is -2.07. The molecule has 4 heteroatoms. The first-order valence-corrected chi connectivity index (χ1v) is 8.65. The molecule has 1 saturated heterocycles. The molecule has 1 aliphatic heterocycles. The van der Waals surface area contributed by atoms with E-state index in [0.29, 0.717) is 23.8 Å². The van der Waals surface area contributed by atoms with Crippen LogP contribution in [-0.4, -0.2) is 25.7 Å².